The summed E-state index contributed by atoms with van der Waals surface area (Å²) in [6.45, 7) is 10.9. The third-order valence-corrected chi connectivity index (χ3v) is 7.46. The second kappa shape index (κ2) is 9.60. The number of benzene rings is 2. The van der Waals surface area contributed by atoms with Gasteiger partial charge in [0.2, 0.25) is 0 Å². The van der Waals surface area contributed by atoms with Gasteiger partial charge in [-0.3, -0.25) is 9.69 Å². The molecule has 1 saturated heterocycles. The quantitative estimate of drug-likeness (QED) is 0.401. The van der Waals surface area contributed by atoms with E-state index in [1.807, 2.05) is 40.8 Å². The van der Waals surface area contributed by atoms with Crippen molar-refractivity contribution in [2.45, 2.75) is 20.8 Å². The molecule has 0 aliphatic carbocycles. The summed E-state index contributed by atoms with van der Waals surface area (Å²) in [7, 11) is 0. The van der Waals surface area contributed by atoms with E-state index in [1.165, 1.54) is 22.5 Å². The van der Waals surface area contributed by atoms with Gasteiger partial charge < -0.3 is 9.64 Å². The molecule has 0 bridgehead atoms. The van der Waals surface area contributed by atoms with E-state index in [-0.39, 0.29) is 5.91 Å². The molecular weight excluding hydrogens is 444 g/mol. The molecule has 34 heavy (non-hydrogen) atoms. The van der Waals surface area contributed by atoms with Crippen LogP contribution in [0.15, 0.2) is 54.6 Å². The largest absolute Gasteiger partial charge is 0.492 e. The number of thiophene rings is 1. The Balaban J connectivity index is 1.20. The maximum Gasteiger partial charge on any atom is 0.264 e. The number of hydrogen-bond acceptors (Lipinski definition) is 5. The molecule has 176 valence electrons. The number of rotatable bonds is 6. The van der Waals surface area contributed by atoms with Crippen LogP contribution in [-0.2, 0) is 0 Å². The van der Waals surface area contributed by atoms with E-state index in [4.69, 9.17) is 9.84 Å². The SMILES string of the molecule is Cc1ccc(OCCN2CCN(C(=O)c3cc4c(C)nn(-c5cccc(C)c5)c4s3)CC2)cc1. The van der Waals surface area contributed by atoms with Crippen LogP contribution in [0, 0.1) is 20.8 Å². The van der Waals surface area contributed by atoms with Crippen LogP contribution in [0.3, 0.4) is 0 Å². The minimum absolute atomic E-state index is 0.118. The molecule has 2 aromatic carbocycles. The van der Waals surface area contributed by atoms with Gasteiger partial charge in [0.25, 0.3) is 5.91 Å². The van der Waals surface area contributed by atoms with Gasteiger partial charge in [-0.1, -0.05) is 29.8 Å². The number of carbonyl (C=O) groups excluding carboxylic acids is 1. The van der Waals surface area contributed by atoms with Gasteiger partial charge in [0, 0.05) is 38.1 Å². The molecule has 2 aromatic heterocycles. The van der Waals surface area contributed by atoms with Crippen LogP contribution in [0.4, 0.5) is 0 Å². The first-order chi connectivity index (χ1) is 16.5. The minimum atomic E-state index is 0.118. The average molecular weight is 475 g/mol. The van der Waals surface area contributed by atoms with Crippen molar-refractivity contribution in [2.24, 2.45) is 0 Å². The van der Waals surface area contributed by atoms with E-state index in [2.05, 4.69) is 49.1 Å². The number of piperazine rings is 1. The van der Waals surface area contributed by atoms with E-state index in [1.54, 1.807) is 0 Å². The molecule has 0 radical (unpaired) electrons. The molecule has 4 aromatic rings. The molecule has 1 aliphatic rings. The van der Waals surface area contributed by atoms with Gasteiger partial charge in [0.15, 0.2) is 0 Å². The van der Waals surface area contributed by atoms with Crippen molar-refractivity contribution in [3.63, 3.8) is 0 Å². The molecule has 6 nitrogen and oxygen atoms in total. The van der Waals surface area contributed by atoms with Crippen LogP contribution in [0.5, 0.6) is 5.75 Å². The normalized spacial score (nSPS) is 14.6. The predicted molar refractivity (Wildman–Crippen MR) is 137 cm³/mol. The summed E-state index contributed by atoms with van der Waals surface area (Å²) in [5, 5.41) is 5.78. The third-order valence-electron chi connectivity index (χ3n) is 6.36. The Morgan fingerprint density at radius 3 is 2.47 bits per heavy atom. The van der Waals surface area contributed by atoms with E-state index >= 15 is 0 Å². The topological polar surface area (TPSA) is 50.6 Å². The number of nitrogens with zero attached hydrogens (tertiary/aromatic N) is 4. The van der Waals surface area contributed by atoms with Gasteiger partial charge in [0.05, 0.1) is 16.3 Å². The maximum atomic E-state index is 13.3. The first-order valence-corrected chi connectivity index (χ1v) is 12.6. The number of aromatic nitrogens is 2. The second-order valence-corrected chi connectivity index (χ2v) is 9.99. The maximum absolute atomic E-state index is 13.3. The van der Waals surface area contributed by atoms with Crippen molar-refractivity contribution in [1.82, 2.24) is 19.6 Å². The Hall–Kier alpha value is -3.16. The zero-order chi connectivity index (χ0) is 23.7. The van der Waals surface area contributed by atoms with Gasteiger partial charge in [-0.25, -0.2) is 4.68 Å². The zero-order valence-electron chi connectivity index (χ0n) is 20.0. The fourth-order valence-corrected chi connectivity index (χ4v) is 5.50. The highest BCUT2D eigenvalue weighted by Gasteiger charge is 2.25. The number of hydrogen-bond donors (Lipinski definition) is 0. The van der Waals surface area contributed by atoms with Crippen LogP contribution in [0.25, 0.3) is 15.9 Å². The van der Waals surface area contributed by atoms with Crippen LogP contribution in [0.2, 0.25) is 0 Å². The van der Waals surface area contributed by atoms with Crippen molar-refractivity contribution >= 4 is 27.5 Å². The van der Waals surface area contributed by atoms with Crippen LogP contribution in [-0.4, -0.2) is 64.8 Å². The summed E-state index contributed by atoms with van der Waals surface area (Å²) < 4.78 is 7.83. The fraction of sp³-hybridized carbons (Fsp3) is 0.333. The number of fused-ring (bicyclic) bond motifs is 1. The first kappa shape index (κ1) is 22.6. The average Bonchev–Trinajstić information content (AvgIpc) is 3.41. The van der Waals surface area contributed by atoms with Gasteiger partial charge in [-0.15, -0.1) is 11.3 Å². The molecule has 3 heterocycles. The molecule has 0 saturated carbocycles. The Morgan fingerprint density at radius 1 is 0.971 bits per heavy atom. The van der Waals surface area contributed by atoms with E-state index in [9.17, 15) is 4.79 Å². The standard InChI is InChI=1S/C27H30N4O2S/c1-19-7-9-23(10-8-19)33-16-15-29-11-13-30(14-12-29)26(32)25-18-24-21(3)28-31(27(24)34-25)22-6-4-5-20(2)17-22/h4-10,17-18H,11-16H2,1-3H3. The van der Waals surface area contributed by atoms with Gasteiger partial charge in [-0.2, -0.15) is 5.10 Å². The van der Waals surface area contributed by atoms with Crippen molar-refractivity contribution in [3.8, 4) is 11.4 Å². The van der Waals surface area contributed by atoms with Gasteiger partial charge in [0.1, 0.15) is 17.2 Å². The lowest BCUT2D eigenvalue weighted by Crippen LogP contribution is -2.49. The monoisotopic (exact) mass is 474 g/mol. The number of ether oxygens (including phenoxy) is 1. The second-order valence-electron chi connectivity index (χ2n) is 8.96. The highest BCUT2D eigenvalue weighted by Crippen LogP contribution is 2.31. The van der Waals surface area contributed by atoms with E-state index in [0.717, 1.165) is 64.9 Å². The molecule has 1 fully saturated rings. The van der Waals surface area contributed by atoms with Crippen LogP contribution >= 0.6 is 11.3 Å². The van der Waals surface area contributed by atoms with Crippen LogP contribution in [0.1, 0.15) is 26.5 Å². The summed E-state index contributed by atoms with van der Waals surface area (Å²) in [6, 6.07) is 18.5. The lowest BCUT2D eigenvalue weighted by atomic mass is 10.2. The van der Waals surface area contributed by atoms with Gasteiger partial charge in [-0.05, 0) is 56.7 Å². The Kier molecular flexibility index (Phi) is 6.39. The molecule has 0 spiro atoms. The molecule has 7 heteroatoms. The zero-order valence-corrected chi connectivity index (χ0v) is 20.8. The highest BCUT2D eigenvalue weighted by molar-refractivity contribution is 7.20. The molecule has 0 atom stereocenters. The molecular formula is C27H30N4O2S. The Labute approximate surface area is 204 Å². The molecule has 1 amide bonds. The highest BCUT2D eigenvalue weighted by atomic mass is 32.1. The Morgan fingerprint density at radius 2 is 1.74 bits per heavy atom. The van der Waals surface area contributed by atoms with Crippen LogP contribution < -0.4 is 4.74 Å². The summed E-state index contributed by atoms with van der Waals surface area (Å²) >= 11 is 1.54. The van der Waals surface area contributed by atoms with Gasteiger partial charge >= 0.3 is 0 Å². The molecule has 1 aliphatic heterocycles. The van der Waals surface area contributed by atoms with Crippen molar-refractivity contribution in [3.05, 3.63) is 76.3 Å². The summed E-state index contributed by atoms with van der Waals surface area (Å²) in [5.74, 6) is 1.02. The van der Waals surface area contributed by atoms with Crippen molar-refractivity contribution < 1.29 is 9.53 Å². The summed E-state index contributed by atoms with van der Waals surface area (Å²) in [6.07, 6.45) is 0. The predicted octanol–water partition coefficient (Wildman–Crippen LogP) is 4.85. The number of carbonyl (C=O) groups is 1. The smallest absolute Gasteiger partial charge is 0.264 e. The Bertz CT molecular complexity index is 1300. The fourth-order valence-electron chi connectivity index (χ4n) is 4.34. The van der Waals surface area contributed by atoms with Crippen molar-refractivity contribution in [1.29, 1.82) is 0 Å². The number of amides is 1. The van der Waals surface area contributed by atoms with E-state index < -0.39 is 0 Å². The molecule has 0 N–H and O–H groups in total. The third kappa shape index (κ3) is 4.72. The summed E-state index contributed by atoms with van der Waals surface area (Å²) in [5.41, 5.74) is 4.40. The minimum Gasteiger partial charge on any atom is -0.492 e. The number of aryl methyl sites for hydroxylation is 3. The lowest BCUT2D eigenvalue weighted by molar-refractivity contribution is 0.0625. The van der Waals surface area contributed by atoms with Crippen molar-refractivity contribution in [2.75, 3.05) is 39.3 Å². The lowest BCUT2D eigenvalue weighted by Gasteiger charge is -2.34. The van der Waals surface area contributed by atoms with E-state index in [0.29, 0.717) is 6.61 Å². The molecule has 0 unspecified atom stereocenters. The summed E-state index contributed by atoms with van der Waals surface area (Å²) in [4.78, 5) is 19.4. The molecule has 5 rings (SSSR count). The first-order valence-electron chi connectivity index (χ1n) is 11.8.